The van der Waals surface area contributed by atoms with E-state index in [0.717, 1.165) is 56.0 Å². The van der Waals surface area contributed by atoms with Gasteiger partial charge in [-0.05, 0) is 54.7 Å². The molecule has 166 valence electrons. The molecule has 3 heterocycles. The van der Waals surface area contributed by atoms with Crippen molar-refractivity contribution in [3.63, 3.8) is 0 Å². The van der Waals surface area contributed by atoms with Crippen molar-refractivity contribution < 1.29 is 4.74 Å². The Labute approximate surface area is 184 Å². The molecule has 1 fully saturated rings. The number of hydrogen-bond donors (Lipinski definition) is 2. The molecule has 2 N–H and O–H groups in total. The molecule has 0 spiro atoms. The Bertz CT molecular complexity index is 1050. The van der Waals surface area contributed by atoms with Gasteiger partial charge in [-0.2, -0.15) is 9.97 Å². The quantitative estimate of drug-likeness (QED) is 0.586. The van der Waals surface area contributed by atoms with E-state index in [2.05, 4.69) is 66.5 Å². The van der Waals surface area contributed by atoms with Crippen molar-refractivity contribution >= 4 is 28.6 Å². The fourth-order valence-electron chi connectivity index (χ4n) is 4.00. The summed E-state index contributed by atoms with van der Waals surface area (Å²) in [4.78, 5) is 13.9. The maximum absolute atomic E-state index is 5.46. The van der Waals surface area contributed by atoms with Gasteiger partial charge in [0.15, 0.2) is 11.5 Å². The van der Waals surface area contributed by atoms with Crippen LogP contribution in [-0.2, 0) is 17.2 Å². The van der Waals surface area contributed by atoms with E-state index in [-0.39, 0.29) is 5.41 Å². The highest BCUT2D eigenvalue weighted by atomic mass is 16.5. The predicted molar refractivity (Wildman–Crippen MR) is 126 cm³/mol. The van der Waals surface area contributed by atoms with Crippen LogP contribution in [-0.4, -0.2) is 39.3 Å². The van der Waals surface area contributed by atoms with E-state index in [1.807, 2.05) is 11.6 Å². The molecule has 1 saturated heterocycles. The number of fused-ring (bicyclic) bond motifs is 1. The normalized spacial score (nSPS) is 15.4. The molecule has 1 aliphatic heterocycles. The minimum absolute atomic E-state index is 0.0779. The van der Waals surface area contributed by atoms with Gasteiger partial charge < -0.3 is 19.9 Å². The average Bonchev–Trinajstić information content (AvgIpc) is 3.10. The summed E-state index contributed by atoms with van der Waals surface area (Å²) in [6, 6.07) is 6.58. The lowest BCUT2D eigenvalue weighted by molar-refractivity contribution is 0.0649. The van der Waals surface area contributed by atoms with Gasteiger partial charge >= 0.3 is 0 Å². The number of hydrogen-bond acceptors (Lipinski definition) is 6. The molecule has 1 aliphatic rings. The number of anilines is 3. The van der Waals surface area contributed by atoms with Gasteiger partial charge in [-0.25, -0.2) is 4.98 Å². The maximum Gasteiger partial charge on any atom is 0.226 e. The molecule has 0 amide bonds. The van der Waals surface area contributed by atoms with Crippen molar-refractivity contribution in [2.45, 2.75) is 52.4 Å². The van der Waals surface area contributed by atoms with E-state index in [9.17, 15) is 0 Å². The molecule has 4 rings (SSSR count). The van der Waals surface area contributed by atoms with Crippen LogP contribution in [0.2, 0.25) is 0 Å². The van der Waals surface area contributed by atoms with Crippen LogP contribution in [0.15, 0.2) is 24.5 Å². The highest BCUT2D eigenvalue weighted by Gasteiger charge is 2.18. The zero-order chi connectivity index (χ0) is 22.0. The summed E-state index contributed by atoms with van der Waals surface area (Å²) in [5.74, 6) is 2.10. The van der Waals surface area contributed by atoms with Crippen molar-refractivity contribution in [2.24, 2.45) is 13.0 Å². The first-order valence-electron chi connectivity index (χ1n) is 11.2. The predicted octanol–water partition coefficient (Wildman–Crippen LogP) is 4.94. The largest absolute Gasteiger partial charge is 0.381 e. The van der Waals surface area contributed by atoms with Crippen LogP contribution < -0.4 is 10.6 Å². The molecule has 0 unspecified atom stereocenters. The van der Waals surface area contributed by atoms with E-state index in [1.54, 1.807) is 6.33 Å². The number of rotatable bonds is 6. The van der Waals surface area contributed by atoms with Gasteiger partial charge in [0.1, 0.15) is 5.52 Å². The van der Waals surface area contributed by atoms with E-state index in [0.29, 0.717) is 17.5 Å². The van der Waals surface area contributed by atoms with Crippen LogP contribution in [0.4, 0.5) is 17.5 Å². The molecule has 0 bridgehead atoms. The van der Waals surface area contributed by atoms with Crippen molar-refractivity contribution in [1.29, 1.82) is 0 Å². The van der Waals surface area contributed by atoms with Gasteiger partial charge in [0.05, 0.1) is 6.33 Å². The minimum atomic E-state index is 0.0779. The topological polar surface area (TPSA) is 76.9 Å². The molecular formula is C24H34N6O. The molecule has 3 aromatic rings. The standard InChI is InChI=1S/C24H34N6O/c1-16-6-7-18(24(2,3)4)14-19(16)27-22-20-21(26-15-30(20)5)28-23(29-22)25-11-8-17-9-12-31-13-10-17/h6-7,14-15,17H,8-13H2,1-5H3,(H2,25,27,28,29). The molecule has 0 radical (unpaired) electrons. The summed E-state index contributed by atoms with van der Waals surface area (Å²) in [7, 11) is 1.97. The molecule has 7 nitrogen and oxygen atoms in total. The molecule has 0 atom stereocenters. The van der Waals surface area contributed by atoms with Gasteiger partial charge in [-0.3, -0.25) is 0 Å². The van der Waals surface area contributed by atoms with E-state index in [1.165, 1.54) is 11.1 Å². The summed E-state index contributed by atoms with van der Waals surface area (Å²) in [6.07, 6.45) is 5.16. The van der Waals surface area contributed by atoms with Crippen molar-refractivity contribution in [3.8, 4) is 0 Å². The van der Waals surface area contributed by atoms with Gasteiger partial charge in [-0.15, -0.1) is 0 Å². The monoisotopic (exact) mass is 422 g/mol. The van der Waals surface area contributed by atoms with Crippen molar-refractivity contribution in [2.75, 3.05) is 30.4 Å². The second-order valence-corrected chi connectivity index (χ2v) is 9.60. The van der Waals surface area contributed by atoms with Crippen LogP contribution in [0, 0.1) is 12.8 Å². The first-order valence-corrected chi connectivity index (χ1v) is 11.2. The van der Waals surface area contributed by atoms with Gasteiger partial charge in [-0.1, -0.05) is 32.9 Å². The zero-order valence-electron chi connectivity index (χ0n) is 19.3. The highest BCUT2D eigenvalue weighted by Crippen LogP contribution is 2.30. The smallest absolute Gasteiger partial charge is 0.226 e. The lowest BCUT2D eigenvalue weighted by atomic mass is 9.86. The third-order valence-electron chi connectivity index (χ3n) is 6.10. The van der Waals surface area contributed by atoms with Crippen LogP contribution in [0.5, 0.6) is 0 Å². The van der Waals surface area contributed by atoms with Gasteiger partial charge in [0, 0.05) is 32.5 Å². The number of imidazole rings is 1. The summed E-state index contributed by atoms with van der Waals surface area (Å²) in [5, 5.41) is 6.98. The van der Waals surface area contributed by atoms with Crippen LogP contribution in [0.25, 0.3) is 11.2 Å². The number of aryl methyl sites for hydroxylation is 2. The fourth-order valence-corrected chi connectivity index (χ4v) is 4.00. The Morgan fingerprint density at radius 2 is 1.94 bits per heavy atom. The van der Waals surface area contributed by atoms with Crippen molar-refractivity contribution in [1.82, 2.24) is 19.5 Å². The van der Waals surface area contributed by atoms with Gasteiger partial charge in [0.2, 0.25) is 5.95 Å². The molecule has 0 saturated carbocycles. The van der Waals surface area contributed by atoms with Crippen LogP contribution in [0.3, 0.4) is 0 Å². The Hall–Kier alpha value is -2.67. The number of nitrogens with zero attached hydrogens (tertiary/aromatic N) is 4. The lowest BCUT2D eigenvalue weighted by Gasteiger charge is -2.22. The number of nitrogens with one attached hydrogen (secondary N) is 2. The Balaban J connectivity index is 1.58. The highest BCUT2D eigenvalue weighted by molar-refractivity contribution is 5.87. The summed E-state index contributed by atoms with van der Waals surface area (Å²) >= 11 is 0. The van der Waals surface area contributed by atoms with E-state index in [4.69, 9.17) is 9.72 Å². The Morgan fingerprint density at radius 3 is 2.68 bits per heavy atom. The maximum atomic E-state index is 5.46. The van der Waals surface area contributed by atoms with Gasteiger partial charge in [0.25, 0.3) is 0 Å². The zero-order valence-corrected chi connectivity index (χ0v) is 19.3. The molecular weight excluding hydrogens is 388 g/mol. The summed E-state index contributed by atoms with van der Waals surface area (Å²) in [6.45, 7) is 11.4. The SMILES string of the molecule is Cc1ccc(C(C)(C)C)cc1Nc1nc(NCCC2CCOCC2)nc2ncn(C)c12. The second-order valence-electron chi connectivity index (χ2n) is 9.60. The van der Waals surface area contributed by atoms with Crippen LogP contribution >= 0.6 is 0 Å². The summed E-state index contributed by atoms with van der Waals surface area (Å²) in [5.41, 5.74) is 5.19. The Kier molecular flexibility index (Phi) is 6.14. The number of benzene rings is 1. The number of ether oxygens (including phenoxy) is 1. The molecule has 7 heteroatoms. The van der Waals surface area contributed by atoms with E-state index >= 15 is 0 Å². The molecule has 1 aromatic carbocycles. The Morgan fingerprint density at radius 1 is 1.16 bits per heavy atom. The number of aromatic nitrogens is 4. The molecule has 0 aliphatic carbocycles. The average molecular weight is 423 g/mol. The lowest BCUT2D eigenvalue weighted by Crippen LogP contribution is -2.19. The first kappa shape index (κ1) is 21.6. The fraction of sp³-hybridized carbons (Fsp3) is 0.542. The first-order chi connectivity index (χ1) is 14.8. The minimum Gasteiger partial charge on any atom is -0.381 e. The van der Waals surface area contributed by atoms with Crippen LogP contribution in [0.1, 0.15) is 51.2 Å². The third kappa shape index (κ3) is 4.98. The molecule has 31 heavy (non-hydrogen) atoms. The summed E-state index contributed by atoms with van der Waals surface area (Å²) < 4.78 is 7.43. The molecule has 2 aromatic heterocycles. The third-order valence-corrected chi connectivity index (χ3v) is 6.10. The second kappa shape index (κ2) is 8.83. The van der Waals surface area contributed by atoms with E-state index < -0.39 is 0 Å². The van der Waals surface area contributed by atoms with Crippen molar-refractivity contribution in [3.05, 3.63) is 35.7 Å².